The van der Waals surface area contributed by atoms with Crippen molar-refractivity contribution in [2.75, 3.05) is 0 Å². The van der Waals surface area contributed by atoms with Gasteiger partial charge in [-0.05, 0) is 85.4 Å². The van der Waals surface area contributed by atoms with E-state index in [1.807, 2.05) is 0 Å². The van der Waals surface area contributed by atoms with Crippen LogP contribution >= 0.6 is 0 Å². The molecule has 4 fully saturated rings. The summed E-state index contributed by atoms with van der Waals surface area (Å²) in [6, 6.07) is 0. The molecule has 0 bridgehead atoms. The van der Waals surface area contributed by atoms with Gasteiger partial charge in [-0.15, -0.1) is 0 Å². The van der Waals surface area contributed by atoms with Gasteiger partial charge in [-0.1, -0.05) is 54.4 Å². The van der Waals surface area contributed by atoms with E-state index in [0.717, 1.165) is 25.2 Å². The number of rotatable bonds is 5. The third-order valence-electron chi connectivity index (χ3n) is 11.9. The van der Waals surface area contributed by atoms with Crippen molar-refractivity contribution in [1.82, 2.24) is 0 Å². The first-order chi connectivity index (χ1) is 14.9. The summed E-state index contributed by atoms with van der Waals surface area (Å²) in [7, 11) is 0. The van der Waals surface area contributed by atoms with Gasteiger partial charge in [0.25, 0.3) is 0 Å². The lowest BCUT2D eigenvalue weighted by atomic mass is 9.41. The average Bonchev–Trinajstić information content (AvgIpc) is 3.08. The van der Waals surface area contributed by atoms with Gasteiger partial charge in [0.15, 0.2) is 0 Å². The summed E-state index contributed by atoms with van der Waals surface area (Å²) >= 11 is 0. The number of aliphatic hydroxyl groups is 4. The maximum absolute atomic E-state index is 11.7. The van der Waals surface area contributed by atoms with Gasteiger partial charge in [0, 0.05) is 11.8 Å². The van der Waals surface area contributed by atoms with Crippen LogP contribution in [0.1, 0.15) is 99.3 Å². The molecule has 0 heterocycles. The van der Waals surface area contributed by atoms with Gasteiger partial charge in [-0.25, -0.2) is 0 Å². The van der Waals surface area contributed by atoms with Crippen LogP contribution in [-0.4, -0.2) is 44.3 Å². The second-order valence-electron chi connectivity index (χ2n) is 13.4. The Morgan fingerprint density at radius 2 is 1.53 bits per heavy atom. The molecule has 32 heavy (non-hydrogen) atoms. The van der Waals surface area contributed by atoms with Crippen molar-refractivity contribution in [3.8, 4) is 0 Å². The lowest BCUT2D eigenvalue weighted by Gasteiger charge is -2.66. The van der Waals surface area contributed by atoms with Crippen LogP contribution in [0.25, 0.3) is 0 Å². The molecule has 4 aliphatic carbocycles. The summed E-state index contributed by atoms with van der Waals surface area (Å²) in [4.78, 5) is 0. The van der Waals surface area contributed by atoms with Crippen LogP contribution in [0.2, 0.25) is 0 Å². The molecule has 0 aromatic heterocycles. The number of aliphatic hydroxyl groups excluding tert-OH is 3. The van der Waals surface area contributed by atoms with Crippen molar-refractivity contribution >= 4 is 0 Å². The topological polar surface area (TPSA) is 80.9 Å². The molecule has 4 N–H and O–H groups in total. The Morgan fingerprint density at radius 3 is 2.19 bits per heavy atom. The summed E-state index contributed by atoms with van der Waals surface area (Å²) in [5, 5.41) is 44.8. The van der Waals surface area contributed by atoms with Crippen LogP contribution < -0.4 is 0 Å². The van der Waals surface area contributed by atoms with Crippen LogP contribution in [0, 0.1) is 52.3 Å². The van der Waals surface area contributed by atoms with Crippen LogP contribution in [0.3, 0.4) is 0 Å². The second kappa shape index (κ2) is 8.50. The standard InChI is InChI=1S/C28H50O4/c1-16(2)17(3)7-8-18(4)21-9-10-22-20-13-25(31)28(32)15-19(29)11-12-26(28,5)23(20)14-24(30)27(21,22)6/h16-25,29-32H,7-15H2,1-6H3/t17-,18+,19-,20-,21+,22-,23-,24-,25+,26+,27+,28-/m0/s1. The van der Waals surface area contributed by atoms with E-state index in [2.05, 4.69) is 41.5 Å². The molecular weight excluding hydrogens is 400 g/mol. The number of hydrogen-bond donors (Lipinski definition) is 4. The molecular formula is C28H50O4. The largest absolute Gasteiger partial charge is 0.393 e. The Morgan fingerprint density at radius 1 is 0.844 bits per heavy atom. The van der Waals surface area contributed by atoms with Gasteiger partial charge >= 0.3 is 0 Å². The van der Waals surface area contributed by atoms with E-state index in [-0.39, 0.29) is 23.9 Å². The van der Waals surface area contributed by atoms with E-state index in [1.165, 1.54) is 19.3 Å². The Balaban J connectivity index is 1.57. The minimum Gasteiger partial charge on any atom is -0.393 e. The third kappa shape index (κ3) is 3.53. The minimum absolute atomic E-state index is 0.0959. The Kier molecular flexibility index (Phi) is 6.63. The maximum atomic E-state index is 11.7. The van der Waals surface area contributed by atoms with Gasteiger partial charge in [0.1, 0.15) is 0 Å². The van der Waals surface area contributed by atoms with Crippen LogP contribution in [0.4, 0.5) is 0 Å². The molecule has 4 aliphatic rings. The highest BCUT2D eigenvalue weighted by Gasteiger charge is 2.69. The summed E-state index contributed by atoms with van der Waals surface area (Å²) in [6.45, 7) is 13.9. The molecule has 0 aromatic rings. The highest BCUT2D eigenvalue weighted by Crippen LogP contribution is 2.69. The first kappa shape index (κ1) is 24.9. The summed E-state index contributed by atoms with van der Waals surface area (Å²) in [5.74, 6) is 3.56. The minimum atomic E-state index is -1.24. The van der Waals surface area contributed by atoms with E-state index in [1.54, 1.807) is 0 Å². The van der Waals surface area contributed by atoms with Crippen molar-refractivity contribution in [2.24, 2.45) is 52.3 Å². The highest BCUT2D eigenvalue weighted by molar-refractivity contribution is 5.18. The third-order valence-corrected chi connectivity index (χ3v) is 11.9. The van der Waals surface area contributed by atoms with E-state index < -0.39 is 23.2 Å². The fraction of sp³-hybridized carbons (Fsp3) is 1.00. The van der Waals surface area contributed by atoms with Gasteiger partial charge in [-0.3, -0.25) is 0 Å². The maximum Gasteiger partial charge on any atom is 0.0985 e. The number of fused-ring (bicyclic) bond motifs is 5. The molecule has 0 saturated heterocycles. The quantitative estimate of drug-likeness (QED) is 0.486. The molecule has 4 rings (SSSR count). The normalized spacial score (nSPS) is 52.8. The molecule has 0 unspecified atom stereocenters. The summed E-state index contributed by atoms with van der Waals surface area (Å²) in [6.07, 6.45) is 6.12. The van der Waals surface area contributed by atoms with Crippen molar-refractivity contribution in [2.45, 2.75) is 123 Å². The molecule has 0 aliphatic heterocycles. The monoisotopic (exact) mass is 450 g/mol. The summed E-state index contributed by atoms with van der Waals surface area (Å²) < 4.78 is 0. The van der Waals surface area contributed by atoms with Crippen molar-refractivity contribution in [3.05, 3.63) is 0 Å². The Bertz CT molecular complexity index is 680. The van der Waals surface area contributed by atoms with Crippen LogP contribution in [0.5, 0.6) is 0 Å². The van der Waals surface area contributed by atoms with E-state index >= 15 is 0 Å². The lowest BCUT2D eigenvalue weighted by Crippen LogP contribution is -2.70. The van der Waals surface area contributed by atoms with Crippen molar-refractivity contribution in [1.29, 1.82) is 0 Å². The van der Waals surface area contributed by atoms with Crippen LogP contribution in [-0.2, 0) is 0 Å². The van der Waals surface area contributed by atoms with Gasteiger partial charge in [-0.2, -0.15) is 0 Å². The molecule has 0 amide bonds. The predicted octanol–water partition coefficient (Wildman–Crippen LogP) is 4.77. The van der Waals surface area contributed by atoms with Crippen molar-refractivity contribution < 1.29 is 20.4 Å². The van der Waals surface area contributed by atoms with Gasteiger partial charge in [0.05, 0.1) is 23.9 Å². The van der Waals surface area contributed by atoms with Crippen molar-refractivity contribution in [3.63, 3.8) is 0 Å². The Labute approximate surface area is 196 Å². The molecule has 186 valence electrons. The zero-order chi connectivity index (χ0) is 23.6. The molecule has 4 saturated carbocycles. The van der Waals surface area contributed by atoms with Gasteiger partial charge in [0.2, 0.25) is 0 Å². The van der Waals surface area contributed by atoms with Gasteiger partial charge < -0.3 is 20.4 Å². The molecule has 4 nitrogen and oxygen atoms in total. The fourth-order valence-electron chi connectivity index (χ4n) is 9.25. The lowest BCUT2D eigenvalue weighted by molar-refractivity contribution is -0.275. The SMILES string of the molecule is CC(C)[C@@H](C)CC[C@@H](C)[C@H]1CC[C@H]2[C@@H]3C[C@@H](O)[C@@]4(O)C[C@@H](O)CC[C@]4(C)[C@H]3C[C@H](O)[C@]12C. The van der Waals surface area contributed by atoms with Crippen LogP contribution in [0.15, 0.2) is 0 Å². The highest BCUT2D eigenvalue weighted by atomic mass is 16.3. The first-order valence-electron chi connectivity index (χ1n) is 13.6. The predicted molar refractivity (Wildman–Crippen MR) is 128 cm³/mol. The zero-order valence-corrected chi connectivity index (χ0v) is 21.4. The first-order valence-corrected chi connectivity index (χ1v) is 13.6. The Hall–Kier alpha value is -0.160. The zero-order valence-electron chi connectivity index (χ0n) is 21.4. The molecule has 0 aromatic carbocycles. The van der Waals surface area contributed by atoms with E-state index in [0.29, 0.717) is 42.4 Å². The molecule has 12 atom stereocenters. The average molecular weight is 451 g/mol. The number of hydrogen-bond acceptors (Lipinski definition) is 4. The molecule has 0 spiro atoms. The fourth-order valence-corrected chi connectivity index (χ4v) is 9.25. The van der Waals surface area contributed by atoms with E-state index in [9.17, 15) is 20.4 Å². The second-order valence-corrected chi connectivity index (χ2v) is 13.4. The molecule has 0 radical (unpaired) electrons. The molecule has 4 heteroatoms. The summed E-state index contributed by atoms with van der Waals surface area (Å²) in [5.41, 5.74) is -1.77. The van der Waals surface area contributed by atoms with E-state index in [4.69, 9.17) is 0 Å². The smallest absolute Gasteiger partial charge is 0.0985 e.